The number of amides is 3. The molecule has 3 N–H and O–H groups in total. The number of hydrogen-bond acceptors (Lipinski definition) is 4. The fourth-order valence-corrected chi connectivity index (χ4v) is 2.12. The molecule has 0 saturated carbocycles. The van der Waals surface area contributed by atoms with E-state index in [0.29, 0.717) is 18.0 Å². The molecular formula is C17H23N5O3. The van der Waals surface area contributed by atoms with E-state index in [-0.39, 0.29) is 24.5 Å². The molecule has 0 aliphatic carbocycles. The van der Waals surface area contributed by atoms with E-state index in [1.165, 1.54) is 0 Å². The number of ether oxygens (including phenoxy) is 1. The Labute approximate surface area is 146 Å². The van der Waals surface area contributed by atoms with Crippen LogP contribution in [-0.2, 0) is 11.3 Å². The zero-order valence-corrected chi connectivity index (χ0v) is 14.4. The number of benzene rings is 1. The summed E-state index contributed by atoms with van der Waals surface area (Å²) in [7, 11) is 1.54. The third kappa shape index (κ3) is 6.54. The lowest BCUT2D eigenvalue weighted by Gasteiger charge is -2.14. The number of rotatable bonds is 8. The predicted octanol–water partition coefficient (Wildman–Crippen LogP) is 1.47. The number of carbonyl (C=O) groups is 2. The second-order valence-electron chi connectivity index (χ2n) is 5.66. The molecule has 0 spiro atoms. The fourth-order valence-electron chi connectivity index (χ4n) is 2.12. The van der Waals surface area contributed by atoms with Gasteiger partial charge in [0, 0.05) is 44.3 Å². The monoisotopic (exact) mass is 345 g/mol. The number of anilines is 1. The first-order valence-corrected chi connectivity index (χ1v) is 8.02. The van der Waals surface area contributed by atoms with E-state index in [0.717, 1.165) is 6.54 Å². The van der Waals surface area contributed by atoms with Crippen LogP contribution in [0, 0.1) is 5.92 Å². The van der Waals surface area contributed by atoms with Gasteiger partial charge in [0.05, 0.1) is 0 Å². The molecule has 1 aromatic carbocycles. The third-order valence-corrected chi connectivity index (χ3v) is 3.41. The Morgan fingerprint density at radius 2 is 2.16 bits per heavy atom. The standard InChI is InChI=1S/C17H23N5O3/c1-13(11-22-8-4-7-20-22)10-19-17(24)21-14-5-3-6-15(9-14)25-12-16(23)18-2/h3-9,13H,10-12H2,1-2H3,(H,18,23)(H2,19,21,24)/t13-/m1/s1. The average molecular weight is 345 g/mol. The number of urea groups is 1. The van der Waals surface area contributed by atoms with Crippen LogP contribution in [0.2, 0.25) is 0 Å². The zero-order chi connectivity index (χ0) is 18.1. The molecule has 3 amide bonds. The zero-order valence-electron chi connectivity index (χ0n) is 14.4. The maximum absolute atomic E-state index is 12.0. The van der Waals surface area contributed by atoms with Gasteiger partial charge >= 0.3 is 6.03 Å². The third-order valence-electron chi connectivity index (χ3n) is 3.41. The molecule has 0 unspecified atom stereocenters. The van der Waals surface area contributed by atoms with Gasteiger partial charge in [-0.15, -0.1) is 0 Å². The number of aromatic nitrogens is 2. The van der Waals surface area contributed by atoms with Gasteiger partial charge in [0.2, 0.25) is 0 Å². The molecule has 134 valence electrons. The highest BCUT2D eigenvalue weighted by Gasteiger charge is 2.08. The summed E-state index contributed by atoms with van der Waals surface area (Å²) in [5.41, 5.74) is 0.589. The minimum Gasteiger partial charge on any atom is -0.484 e. The van der Waals surface area contributed by atoms with Crippen LogP contribution in [0.3, 0.4) is 0 Å². The molecule has 8 heteroatoms. The molecule has 1 heterocycles. The van der Waals surface area contributed by atoms with Gasteiger partial charge in [-0.1, -0.05) is 13.0 Å². The van der Waals surface area contributed by atoms with Crippen LogP contribution in [0.5, 0.6) is 5.75 Å². The lowest BCUT2D eigenvalue weighted by Crippen LogP contribution is -2.33. The Morgan fingerprint density at radius 3 is 2.88 bits per heavy atom. The van der Waals surface area contributed by atoms with Crippen molar-refractivity contribution >= 4 is 17.6 Å². The number of carbonyl (C=O) groups excluding carboxylic acids is 2. The van der Waals surface area contributed by atoms with Crippen molar-refractivity contribution in [1.82, 2.24) is 20.4 Å². The van der Waals surface area contributed by atoms with Crippen LogP contribution in [0.1, 0.15) is 6.92 Å². The molecule has 0 aliphatic heterocycles. The van der Waals surface area contributed by atoms with Crippen molar-refractivity contribution in [2.45, 2.75) is 13.5 Å². The Bertz CT molecular complexity index is 687. The maximum atomic E-state index is 12.0. The maximum Gasteiger partial charge on any atom is 0.319 e. The van der Waals surface area contributed by atoms with Gasteiger partial charge in [-0.2, -0.15) is 5.10 Å². The number of nitrogens with zero attached hydrogens (tertiary/aromatic N) is 2. The summed E-state index contributed by atoms with van der Waals surface area (Å²) in [4.78, 5) is 23.2. The minimum absolute atomic E-state index is 0.0723. The Hall–Kier alpha value is -3.03. The highest BCUT2D eigenvalue weighted by atomic mass is 16.5. The molecule has 0 saturated heterocycles. The molecular weight excluding hydrogens is 322 g/mol. The number of likely N-dealkylation sites (N-methyl/N-ethyl adjacent to an activating group) is 1. The molecule has 8 nitrogen and oxygen atoms in total. The van der Waals surface area contributed by atoms with E-state index in [4.69, 9.17) is 4.74 Å². The lowest BCUT2D eigenvalue weighted by atomic mass is 10.2. The molecule has 1 atom stereocenters. The second-order valence-corrected chi connectivity index (χ2v) is 5.66. The normalized spacial score (nSPS) is 11.4. The highest BCUT2D eigenvalue weighted by Crippen LogP contribution is 2.17. The summed E-state index contributed by atoms with van der Waals surface area (Å²) in [6.45, 7) is 3.22. The van der Waals surface area contributed by atoms with Gasteiger partial charge < -0.3 is 20.7 Å². The van der Waals surface area contributed by atoms with Crippen molar-refractivity contribution in [1.29, 1.82) is 0 Å². The summed E-state index contributed by atoms with van der Waals surface area (Å²) in [6, 6.07) is 8.45. The van der Waals surface area contributed by atoms with E-state index < -0.39 is 0 Å². The van der Waals surface area contributed by atoms with E-state index in [1.807, 2.05) is 23.9 Å². The van der Waals surface area contributed by atoms with Crippen molar-refractivity contribution in [2.24, 2.45) is 5.92 Å². The smallest absolute Gasteiger partial charge is 0.319 e. The molecule has 0 radical (unpaired) electrons. The van der Waals surface area contributed by atoms with Crippen molar-refractivity contribution < 1.29 is 14.3 Å². The average Bonchev–Trinajstić information content (AvgIpc) is 3.11. The minimum atomic E-state index is -0.296. The lowest BCUT2D eigenvalue weighted by molar-refractivity contribution is -0.122. The largest absolute Gasteiger partial charge is 0.484 e. The first-order valence-electron chi connectivity index (χ1n) is 8.02. The van der Waals surface area contributed by atoms with E-state index in [9.17, 15) is 9.59 Å². The van der Waals surface area contributed by atoms with Crippen molar-refractivity contribution in [3.63, 3.8) is 0 Å². The topological polar surface area (TPSA) is 97.3 Å². The molecule has 2 aromatic rings. The van der Waals surface area contributed by atoms with Crippen LogP contribution >= 0.6 is 0 Å². The SMILES string of the molecule is CNC(=O)COc1cccc(NC(=O)NC[C@@H](C)Cn2cccn2)c1. The number of hydrogen-bond donors (Lipinski definition) is 3. The summed E-state index contributed by atoms with van der Waals surface area (Å²) in [6.07, 6.45) is 3.62. The van der Waals surface area contributed by atoms with Gasteiger partial charge in [-0.25, -0.2) is 4.79 Å². The van der Waals surface area contributed by atoms with Gasteiger partial charge in [0.15, 0.2) is 6.61 Å². The van der Waals surface area contributed by atoms with Crippen molar-refractivity contribution in [3.8, 4) is 5.75 Å². The van der Waals surface area contributed by atoms with Gasteiger partial charge in [-0.05, 0) is 24.1 Å². The van der Waals surface area contributed by atoms with Crippen LogP contribution in [-0.4, -0.2) is 41.9 Å². The highest BCUT2D eigenvalue weighted by molar-refractivity contribution is 5.89. The van der Waals surface area contributed by atoms with Gasteiger partial charge in [0.1, 0.15) is 5.75 Å². The van der Waals surface area contributed by atoms with Gasteiger partial charge in [0.25, 0.3) is 5.91 Å². The molecule has 2 rings (SSSR count). The summed E-state index contributed by atoms with van der Waals surface area (Å²) < 4.78 is 7.18. The summed E-state index contributed by atoms with van der Waals surface area (Å²) in [5.74, 6) is 0.531. The van der Waals surface area contributed by atoms with Gasteiger partial charge in [-0.3, -0.25) is 9.48 Å². The van der Waals surface area contributed by atoms with E-state index in [1.54, 1.807) is 37.5 Å². The molecule has 25 heavy (non-hydrogen) atoms. The van der Waals surface area contributed by atoms with Crippen molar-refractivity contribution in [2.75, 3.05) is 25.5 Å². The summed E-state index contributed by atoms with van der Waals surface area (Å²) >= 11 is 0. The van der Waals surface area contributed by atoms with Crippen LogP contribution in [0.15, 0.2) is 42.7 Å². The molecule has 0 aliphatic rings. The predicted molar refractivity (Wildman–Crippen MR) is 94.4 cm³/mol. The Kier molecular flexibility index (Phi) is 6.82. The molecule has 0 fully saturated rings. The fraction of sp³-hybridized carbons (Fsp3) is 0.353. The molecule has 0 bridgehead atoms. The summed E-state index contributed by atoms with van der Waals surface area (Å²) in [5, 5.41) is 12.2. The Morgan fingerprint density at radius 1 is 1.32 bits per heavy atom. The van der Waals surface area contributed by atoms with E-state index in [2.05, 4.69) is 21.0 Å². The second kappa shape index (κ2) is 9.31. The van der Waals surface area contributed by atoms with Crippen LogP contribution < -0.4 is 20.7 Å². The Balaban J connectivity index is 1.76. The van der Waals surface area contributed by atoms with Crippen molar-refractivity contribution in [3.05, 3.63) is 42.7 Å². The van der Waals surface area contributed by atoms with Crippen LogP contribution in [0.4, 0.5) is 10.5 Å². The quantitative estimate of drug-likeness (QED) is 0.675. The van der Waals surface area contributed by atoms with Crippen LogP contribution in [0.25, 0.3) is 0 Å². The first kappa shape index (κ1) is 18.3. The molecule has 1 aromatic heterocycles. The van der Waals surface area contributed by atoms with E-state index >= 15 is 0 Å². The first-order chi connectivity index (χ1) is 12.1. The number of nitrogens with one attached hydrogen (secondary N) is 3.